The molecule has 0 aromatic carbocycles. The Bertz CT molecular complexity index is 437. The Morgan fingerprint density at radius 1 is 1.22 bits per heavy atom. The summed E-state index contributed by atoms with van der Waals surface area (Å²) in [7, 11) is 0. The van der Waals surface area contributed by atoms with Gasteiger partial charge in [0.2, 0.25) is 0 Å². The smallest absolute Gasteiger partial charge is 0.264 e. The molecule has 2 aliphatic rings. The van der Waals surface area contributed by atoms with E-state index < -0.39 is 0 Å². The summed E-state index contributed by atoms with van der Waals surface area (Å²) in [5, 5.41) is 0. The summed E-state index contributed by atoms with van der Waals surface area (Å²) in [6.45, 7) is 3.04. The van der Waals surface area contributed by atoms with Crippen molar-refractivity contribution in [2.75, 3.05) is 6.54 Å². The number of rotatable bonds is 1. The molecule has 1 aliphatic heterocycles. The molecule has 2 nitrogen and oxygen atoms in total. The van der Waals surface area contributed by atoms with Gasteiger partial charge in [0.15, 0.2) is 0 Å². The number of fused-ring (bicyclic) bond motifs is 1. The zero-order chi connectivity index (χ0) is 12.5. The molecule has 2 unspecified atom stereocenters. The molecule has 1 saturated carbocycles. The van der Waals surface area contributed by atoms with Crippen LogP contribution in [0.1, 0.15) is 53.1 Å². The Kier molecular flexibility index (Phi) is 3.42. The molecule has 2 heterocycles. The third-order valence-electron chi connectivity index (χ3n) is 4.46. The van der Waals surface area contributed by atoms with Crippen molar-refractivity contribution in [2.45, 2.75) is 51.5 Å². The maximum atomic E-state index is 12.6. The Hall–Kier alpha value is -0.830. The minimum Gasteiger partial charge on any atom is -0.335 e. The molecule has 1 aromatic heterocycles. The van der Waals surface area contributed by atoms with Crippen LogP contribution in [0.4, 0.5) is 0 Å². The van der Waals surface area contributed by atoms with Crippen molar-refractivity contribution >= 4 is 17.2 Å². The number of aryl methyl sites for hydroxylation is 1. The first kappa shape index (κ1) is 12.2. The normalized spacial score (nSPS) is 27.9. The highest BCUT2D eigenvalue weighted by molar-refractivity contribution is 7.13. The van der Waals surface area contributed by atoms with E-state index in [4.69, 9.17) is 0 Å². The van der Waals surface area contributed by atoms with E-state index in [9.17, 15) is 4.79 Å². The lowest BCUT2D eigenvalue weighted by Crippen LogP contribution is -2.49. The van der Waals surface area contributed by atoms with Crippen LogP contribution in [0.15, 0.2) is 12.1 Å². The molecule has 3 heteroatoms. The Labute approximate surface area is 113 Å². The molecule has 0 N–H and O–H groups in total. The monoisotopic (exact) mass is 263 g/mol. The molecule has 1 amide bonds. The van der Waals surface area contributed by atoms with Crippen LogP contribution in [0, 0.1) is 12.8 Å². The van der Waals surface area contributed by atoms with Crippen molar-refractivity contribution in [2.24, 2.45) is 5.92 Å². The van der Waals surface area contributed by atoms with Gasteiger partial charge in [-0.3, -0.25) is 4.79 Å². The molecule has 2 atom stereocenters. The maximum Gasteiger partial charge on any atom is 0.264 e. The molecular weight excluding hydrogens is 242 g/mol. The van der Waals surface area contributed by atoms with Crippen LogP contribution in [0.3, 0.4) is 0 Å². The van der Waals surface area contributed by atoms with Crippen LogP contribution in [0.25, 0.3) is 0 Å². The predicted octanol–water partition coefficient (Wildman–Crippen LogP) is 3.85. The molecule has 1 aromatic rings. The molecule has 18 heavy (non-hydrogen) atoms. The molecule has 1 aliphatic carbocycles. The molecular formula is C15H21NOS. The second-order valence-electron chi connectivity index (χ2n) is 5.66. The Morgan fingerprint density at radius 2 is 2.00 bits per heavy atom. The first-order valence-corrected chi connectivity index (χ1v) is 7.95. The average Bonchev–Trinajstić information content (AvgIpc) is 2.84. The van der Waals surface area contributed by atoms with Crippen molar-refractivity contribution in [1.82, 2.24) is 4.90 Å². The lowest BCUT2D eigenvalue weighted by atomic mass is 9.78. The number of piperidine rings is 1. The van der Waals surface area contributed by atoms with Crippen molar-refractivity contribution < 1.29 is 4.79 Å². The van der Waals surface area contributed by atoms with Crippen molar-refractivity contribution in [3.8, 4) is 0 Å². The van der Waals surface area contributed by atoms with Crippen LogP contribution < -0.4 is 0 Å². The van der Waals surface area contributed by atoms with Gasteiger partial charge < -0.3 is 4.90 Å². The highest BCUT2D eigenvalue weighted by atomic mass is 32.1. The number of hydrogen-bond acceptors (Lipinski definition) is 2. The van der Waals surface area contributed by atoms with Gasteiger partial charge in [-0.2, -0.15) is 0 Å². The van der Waals surface area contributed by atoms with Gasteiger partial charge in [-0.25, -0.2) is 0 Å². The van der Waals surface area contributed by atoms with E-state index in [2.05, 4.69) is 17.9 Å². The van der Waals surface area contributed by atoms with E-state index in [1.165, 1.54) is 43.4 Å². The first-order valence-electron chi connectivity index (χ1n) is 7.13. The lowest BCUT2D eigenvalue weighted by molar-refractivity contribution is 0.0395. The third kappa shape index (κ3) is 2.20. The maximum absolute atomic E-state index is 12.6. The topological polar surface area (TPSA) is 20.3 Å². The van der Waals surface area contributed by atoms with Crippen LogP contribution in [0.5, 0.6) is 0 Å². The lowest BCUT2D eigenvalue weighted by Gasteiger charge is -2.44. The number of carbonyl (C=O) groups is 1. The minimum atomic E-state index is 0.282. The van der Waals surface area contributed by atoms with Gasteiger partial charge in [0.25, 0.3) is 5.91 Å². The van der Waals surface area contributed by atoms with Gasteiger partial charge >= 0.3 is 0 Å². The highest BCUT2D eigenvalue weighted by Gasteiger charge is 2.36. The molecule has 98 valence electrons. The minimum absolute atomic E-state index is 0.282. The number of thiophene rings is 1. The number of hydrogen-bond donors (Lipinski definition) is 0. The molecule has 0 spiro atoms. The fourth-order valence-electron chi connectivity index (χ4n) is 3.57. The van der Waals surface area contributed by atoms with Gasteiger partial charge in [0, 0.05) is 17.5 Å². The number of amides is 1. The molecule has 1 saturated heterocycles. The van der Waals surface area contributed by atoms with Crippen LogP contribution in [-0.4, -0.2) is 23.4 Å². The highest BCUT2D eigenvalue weighted by Crippen LogP contribution is 2.36. The molecule has 3 rings (SSSR count). The summed E-state index contributed by atoms with van der Waals surface area (Å²) >= 11 is 1.64. The molecule has 0 bridgehead atoms. The number of likely N-dealkylation sites (tertiary alicyclic amines) is 1. The van der Waals surface area contributed by atoms with Crippen LogP contribution >= 0.6 is 11.3 Å². The quantitative estimate of drug-likeness (QED) is 0.753. The Balaban J connectivity index is 1.79. The van der Waals surface area contributed by atoms with E-state index >= 15 is 0 Å². The zero-order valence-corrected chi connectivity index (χ0v) is 11.8. The van der Waals surface area contributed by atoms with E-state index in [-0.39, 0.29) is 5.91 Å². The SMILES string of the molecule is Cc1ccc(C(=O)N2CCCC3CCCCC32)s1. The summed E-state index contributed by atoms with van der Waals surface area (Å²) in [6, 6.07) is 4.58. The summed E-state index contributed by atoms with van der Waals surface area (Å²) in [5.41, 5.74) is 0. The van der Waals surface area contributed by atoms with E-state index in [1.807, 2.05) is 6.07 Å². The summed E-state index contributed by atoms with van der Waals surface area (Å²) in [4.78, 5) is 16.9. The van der Waals surface area contributed by atoms with Crippen molar-refractivity contribution in [3.63, 3.8) is 0 Å². The zero-order valence-electron chi connectivity index (χ0n) is 11.0. The fourth-order valence-corrected chi connectivity index (χ4v) is 4.39. The second-order valence-corrected chi connectivity index (χ2v) is 6.95. The summed E-state index contributed by atoms with van der Waals surface area (Å²) in [6.07, 6.45) is 7.74. The van der Waals surface area contributed by atoms with Crippen LogP contribution in [-0.2, 0) is 0 Å². The first-order chi connectivity index (χ1) is 8.75. The molecule has 0 radical (unpaired) electrons. The summed E-state index contributed by atoms with van der Waals surface area (Å²) < 4.78 is 0. The molecule has 2 fully saturated rings. The van der Waals surface area contributed by atoms with E-state index in [1.54, 1.807) is 11.3 Å². The van der Waals surface area contributed by atoms with Gasteiger partial charge in [-0.05, 0) is 50.7 Å². The number of carbonyl (C=O) groups excluding carboxylic acids is 1. The van der Waals surface area contributed by atoms with E-state index in [0.717, 1.165) is 17.3 Å². The van der Waals surface area contributed by atoms with Gasteiger partial charge in [-0.1, -0.05) is 12.8 Å². The number of nitrogens with zero attached hydrogens (tertiary/aromatic N) is 1. The van der Waals surface area contributed by atoms with Crippen molar-refractivity contribution in [3.05, 3.63) is 21.9 Å². The predicted molar refractivity (Wildman–Crippen MR) is 75.1 cm³/mol. The van der Waals surface area contributed by atoms with Crippen molar-refractivity contribution in [1.29, 1.82) is 0 Å². The Morgan fingerprint density at radius 3 is 2.78 bits per heavy atom. The third-order valence-corrected chi connectivity index (χ3v) is 5.44. The van der Waals surface area contributed by atoms with Crippen LogP contribution in [0.2, 0.25) is 0 Å². The summed E-state index contributed by atoms with van der Waals surface area (Å²) in [5.74, 6) is 1.06. The average molecular weight is 263 g/mol. The van der Waals surface area contributed by atoms with Gasteiger partial charge in [-0.15, -0.1) is 11.3 Å². The second kappa shape index (κ2) is 5.04. The van der Waals surface area contributed by atoms with Gasteiger partial charge in [0.05, 0.1) is 4.88 Å². The van der Waals surface area contributed by atoms with E-state index in [0.29, 0.717) is 6.04 Å². The van der Waals surface area contributed by atoms with Gasteiger partial charge in [0.1, 0.15) is 0 Å². The fraction of sp³-hybridized carbons (Fsp3) is 0.667. The largest absolute Gasteiger partial charge is 0.335 e. The standard InChI is InChI=1S/C15H21NOS/c1-11-8-9-14(18-11)15(17)16-10-4-6-12-5-2-3-7-13(12)16/h8-9,12-13H,2-7,10H2,1H3.